The van der Waals surface area contributed by atoms with E-state index in [1.165, 1.54) is 18.4 Å². The number of carbonyl (C=O) groups excluding carboxylic acids is 1. The summed E-state index contributed by atoms with van der Waals surface area (Å²) in [7, 11) is 3.38. The third-order valence-electron chi connectivity index (χ3n) is 3.31. The zero-order chi connectivity index (χ0) is 15.7. The van der Waals surface area contributed by atoms with Gasteiger partial charge in [-0.05, 0) is 24.3 Å². The summed E-state index contributed by atoms with van der Waals surface area (Å²) in [4.78, 5) is 17.2. The third kappa shape index (κ3) is 2.53. The SMILES string of the molecule is COc1ccccc1C(=O)N=c1sc2cccc(Cl)c2n1C. The zero-order valence-electron chi connectivity index (χ0n) is 12.0. The van der Waals surface area contributed by atoms with Gasteiger partial charge in [0.05, 0.1) is 27.9 Å². The maximum atomic E-state index is 12.4. The van der Waals surface area contributed by atoms with E-state index < -0.39 is 0 Å². The number of aryl methyl sites for hydroxylation is 1. The Morgan fingerprint density at radius 3 is 2.73 bits per heavy atom. The lowest BCUT2D eigenvalue weighted by Gasteiger charge is -2.03. The van der Waals surface area contributed by atoms with Crippen LogP contribution < -0.4 is 9.54 Å². The molecule has 1 amide bonds. The van der Waals surface area contributed by atoms with Gasteiger partial charge in [0.1, 0.15) is 5.75 Å². The lowest BCUT2D eigenvalue weighted by atomic mass is 10.2. The molecule has 0 unspecified atom stereocenters. The molecule has 112 valence electrons. The molecule has 0 aliphatic rings. The standard InChI is InChI=1S/C16H13ClN2O2S/c1-19-14-11(17)7-5-9-13(14)22-16(19)18-15(20)10-6-3-4-8-12(10)21-2/h3-9H,1-2H3. The molecule has 0 atom stereocenters. The molecule has 0 saturated heterocycles. The molecule has 0 aliphatic carbocycles. The smallest absolute Gasteiger partial charge is 0.283 e. The highest BCUT2D eigenvalue weighted by atomic mass is 35.5. The number of amides is 1. The zero-order valence-corrected chi connectivity index (χ0v) is 13.6. The lowest BCUT2D eigenvalue weighted by molar-refractivity contribution is 0.0995. The van der Waals surface area contributed by atoms with Crippen molar-refractivity contribution >= 4 is 39.1 Å². The normalized spacial score (nSPS) is 11.9. The number of benzene rings is 2. The van der Waals surface area contributed by atoms with Crippen LogP contribution in [-0.2, 0) is 7.05 Å². The molecular weight excluding hydrogens is 320 g/mol. The summed E-state index contributed by atoms with van der Waals surface area (Å²) in [5.74, 6) is 0.175. The lowest BCUT2D eigenvalue weighted by Crippen LogP contribution is -2.13. The van der Waals surface area contributed by atoms with Crippen molar-refractivity contribution in [1.82, 2.24) is 4.57 Å². The maximum absolute atomic E-state index is 12.4. The van der Waals surface area contributed by atoms with Crippen molar-refractivity contribution in [2.24, 2.45) is 12.0 Å². The van der Waals surface area contributed by atoms with Gasteiger partial charge < -0.3 is 9.30 Å². The van der Waals surface area contributed by atoms with Crippen molar-refractivity contribution in [3.05, 3.63) is 57.9 Å². The van der Waals surface area contributed by atoms with E-state index in [0.29, 0.717) is 21.1 Å². The summed E-state index contributed by atoms with van der Waals surface area (Å²) in [6.45, 7) is 0. The van der Waals surface area contributed by atoms with E-state index in [0.717, 1.165) is 10.2 Å². The summed E-state index contributed by atoms with van der Waals surface area (Å²) in [5.41, 5.74) is 1.31. The average Bonchev–Trinajstić information content (AvgIpc) is 2.84. The number of aromatic nitrogens is 1. The van der Waals surface area contributed by atoms with Gasteiger partial charge in [0.2, 0.25) is 0 Å². The molecule has 0 spiro atoms. The molecule has 2 aromatic carbocycles. The minimum absolute atomic E-state index is 0.337. The van der Waals surface area contributed by atoms with E-state index in [4.69, 9.17) is 16.3 Å². The van der Waals surface area contributed by atoms with Gasteiger partial charge in [-0.25, -0.2) is 0 Å². The number of para-hydroxylation sites is 2. The van der Waals surface area contributed by atoms with Crippen LogP contribution in [0.5, 0.6) is 5.75 Å². The molecule has 1 heterocycles. The molecular formula is C16H13ClN2O2S. The molecule has 6 heteroatoms. The van der Waals surface area contributed by atoms with E-state index in [2.05, 4.69) is 4.99 Å². The van der Waals surface area contributed by atoms with Gasteiger partial charge in [-0.1, -0.05) is 41.1 Å². The van der Waals surface area contributed by atoms with Gasteiger partial charge >= 0.3 is 0 Å². The first-order valence-corrected chi connectivity index (χ1v) is 7.77. The van der Waals surface area contributed by atoms with Crippen molar-refractivity contribution in [2.45, 2.75) is 0 Å². The molecule has 1 aromatic heterocycles. The minimum atomic E-state index is -0.337. The van der Waals surface area contributed by atoms with E-state index >= 15 is 0 Å². The molecule has 4 nitrogen and oxygen atoms in total. The molecule has 0 bridgehead atoms. The maximum Gasteiger partial charge on any atom is 0.283 e. The van der Waals surface area contributed by atoms with Crippen LogP contribution >= 0.6 is 22.9 Å². The van der Waals surface area contributed by atoms with Gasteiger partial charge in [-0.3, -0.25) is 4.79 Å². The summed E-state index contributed by atoms with van der Waals surface area (Å²) in [5, 5.41) is 0.641. The van der Waals surface area contributed by atoms with Crippen LogP contribution in [-0.4, -0.2) is 17.6 Å². The summed E-state index contributed by atoms with van der Waals surface area (Å²) in [6, 6.07) is 12.7. The Balaban J connectivity index is 2.15. The van der Waals surface area contributed by atoms with E-state index in [9.17, 15) is 4.79 Å². The number of carbonyl (C=O) groups is 1. The number of thiazole rings is 1. The Hall–Kier alpha value is -2.11. The Kier molecular flexibility index (Phi) is 4.00. The van der Waals surface area contributed by atoms with Crippen LogP contribution in [0, 0.1) is 0 Å². The van der Waals surface area contributed by atoms with Crippen molar-refractivity contribution in [2.75, 3.05) is 7.11 Å². The number of hydrogen-bond donors (Lipinski definition) is 0. The topological polar surface area (TPSA) is 43.6 Å². The molecule has 0 saturated carbocycles. The molecule has 0 radical (unpaired) electrons. The second kappa shape index (κ2) is 5.94. The molecule has 0 aliphatic heterocycles. The Bertz CT molecular complexity index is 927. The number of nitrogens with zero attached hydrogens (tertiary/aromatic N) is 2. The number of hydrogen-bond acceptors (Lipinski definition) is 3. The second-order valence-electron chi connectivity index (χ2n) is 4.65. The highest BCUT2D eigenvalue weighted by molar-refractivity contribution is 7.16. The van der Waals surface area contributed by atoms with Crippen molar-refractivity contribution < 1.29 is 9.53 Å². The van der Waals surface area contributed by atoms with Crippen molar-refractivity contribution in [3.63, 3.8) is 0 Å². The van der Waals surface area contributed by atoms with Crippen LogP contribution in [0.15, 0.2) is 47.5 Å². The Morgan fingerprint density at radius 2 is 2.00 bits per heavy atom. The number of methoxy groups -OCH3 is 1. The van der Waals surface area contributed by atoms with Crippen LogP contribution in [0.4, 0.5) is 0 Å². The molecule has 3 rings (SSSR count). The molecule has 22 heavy (non-hydrogen) atoms. The summed E-state index contributed by atoms with van der Waals surface area (Å²) < 4.78 is 8.02. The predicted octanol–water partition coefficient (Wildman–Crippen LogP) is 3.64. The third-order valence-corrected chi connectivity index (χ3v) is 4.71. The van der Waals surface area contributed by atoms with Gasteiger partial charge in [0.25, 0.3) is 5.91 Å². The van der Waals surface area contributed by atoms with Crippen LogP contribution in [0.3, 0.4) is 0 Å². The first-order chi connectivity index (χ1) is 10.6. The average molecular weight is 333 g/mol. The Labute approximate surface area is 136 Å². The quantitative estimate of drug-likeness (QED) is 0.719. The first kappa shape index (κ1) is 14.8. The van der Waals surface area contributed by atoms with Gasteiger partial charge in [-0.15, -0.1) is 0 Å². The number of ether oxygens (including phenoxy) is 1. The Morgan fingerprint density at radius 1 is 1.23 bits per heavy atom. The van der Waals surface area contributed by atoms with Gasteiger partial charge in [0.15, 0.2) is 4.80 Å². The predicted molar refractivity (Wildman–Crippen MR) is 88.7 cm³/mol. The fourth-order valence-electron chi connectivity index (χ4n) is 2.23. The van der Waals surface area contributed by atoms with E-state index in [1.54, 1.807) is 18.2 Å². The second-order valence-corrected chi connectivity index (χ2v) is 6.06. The van der Waals surface area contributed by atoms with E-state index in [1.807, 2.05) is 35.9 Å². The van der Waals surface area contributed by atoms with Gasteiger partial charge in [0, 0.05) is 7.05 Å². The molecule has 3 aromatic rings. The fourth-order valence-corrected chi connectivity index (χ4v) is 3.63. The monoisotopic (exact) mass is 332 g/mol. The van der Waals surface area contributed by atoms with Crippen molar-refractivity contribution in [1.29, 1.82) is 0 Å². The molecule has 0 fully saturated rings. The number of halogens is 1. The highest BCUT2D eigenvalue weighted by Crippen LogP contribution is 2.24. The van der Waals surface area contributed by atoms with Crippen molar-refractivity contribution in [3.8, 4) is 5.75 Å². The minimum Gasteiger partial charge on any atom is -0.496 e. The number of rotatable bonds is 2. The largest absolute Gasteiger partial charge is 0.496 e. The van der Waals surface area contributed by atoms with Crippen LogP contribution in [0.2, 0.25) is 5.02 Å². The first-order valence-electron chi connectivity index (χ1n) is 6.58. The molecule has 0 N–H and O–H groups in total. The fraction of sp³-hybridized carbons (Fsp3) is 0.125. The van der Waals surface area contributed by atoms with E-state index in [-0.39, 0.29) is 5.91 Å². The van der Waals surface area contributed by atoms with Crippen LogP contribution in [0.1, 0.15) is 10.4 Å². The highest BCUT2D eigenvalue weighted by Gasteiger charge is 2.12. The summed E-state index contributed by atoms with van der Waals surface area (Å²) >= 11 is 7.64. The number of fused-ring (bicyclic) bond motifs is 1. The van der Waals surface area contributed by atoms with Gasteiger partial charge in [-0.2, -0.15) is 4.99 Å². The summed E-state index contributed by atoms with van der Waals surface area (Å²) in [6.07, 6.45) is 0. The van der Waals surface area contributed by atoms with Crippen LogP contribution in [0.25, 0.3) is 10.2 Å².